The molecule has 0 atom stereocenters. The fourth-order valence-corrected chi connectivity index (χ4v) is 2.81. The second-order valence-corrected chi connectivity index (χ2v) is 5.99. The average Bonchev–Trinajstić information content (AvgIpc) is 2.74. The number of hydrogen-bond donors (Lipinski definition) is 2. The van der Waals surface area contributed by atoms with Crippen LogP contribution < -0.4 is 19.7 Å². The van der Waals surface area contributed by atoms with E-state index in [1.165, 1.54) is 23.1 Å². The Bertz CT molecular complexity index is 572. The zero-order chi connectivity index (χ0) is 15.7. The van der Waals surface area contributed by atoms with Crippen LogP contribution in [0.5, 0.6) is 11.5 Å². The van der Waals surface area contributed by atoms with E-state index >= 15 is 0 Å². The highest BCUT2D eigenvalue weighted by atomic mass is 19.3. The molecule has 3 rings (SSSR count). The van der Waals surface area contributed by atoms with Crippen LogP contribution in [-0.2, 0) is 4.79 Å². The molecule has 5 nitrogen and oxygen atoms in total. The Morgan fingerprint density at radius 2 is 2.00 bits per heavy atom. The summed E-state index contributed by atoms with van der Waals surface area (Å²) in [5.74, 6) is 0.498. The van der Waals surface area contributed by atoms with Gasteiger partial charge in [-0.2, -0.15) is 0 Å². The van der Waals surface area contributed by atoms with Crippen molar-refractivity contribution < 1.29 is 27.9 Å². The van der Waals surface area contributed by atoms with E-state index in [4.69, 9.17) is 0 Å². The number of quaternary nitrogens is 1. The number of carbonyl (C=O) groups is 1. The van der Waals surface area contributed by atoms with Gasteiger partial charge in [0.2, 0.25) is 0 Å². The van der Waals surface area contributed by atoms with Crippen LogP contribution in [-0.4, -0.2) is 31.8 Å². The van der Waals surface area contributed by atoms with E-state index < -0.39 is 6.29 Å². The minimum absolute atomic E-state index is 0.0290. The highest BCUT2D eigenvalue weighted by Crippen LogP contribution is 2.42. The Morgan fingerprint density at radius 1 is 1.32 bits per heavy atom. The van der Waals surface area contributed by atoms with Gasteiger partial charge in [-0.3, -0.25) is 4.79 Å². The molecule has 0 bridgehead atoms. The number of fused-ring (bicyclic) bond motifs is 1. The number of amides is 1. The molecular formula is C15H19F2N2O3+. The smallest absolute Gasteiger partial charge is 0.395 e. The molecule has 1 aromatic carbocycles. The second-order valence-electron chi connectivity index (χ2n) is 5.99. The predicted octanol–water partition coefficient (Wildman–Crippen LogP) is 1.26. The summed E-state index contributed by atoms with van der Waals surface area (Å²) in [6.07, 6.45) is -1.39. The Balaban J connectivity index is 1.56. The molecule has 2 aliphatic heterocycles. The van der Waals surface area contributed by atoms with Gasteiger partial charge in [-0.1, -0.05) is 6.92 Å². The number of nitrogens with one attached hydrogen (secondary N) is 2. The van der Waals surface area contributed by atoms with Crippen molar-refractivity contribution in [2.24, 2.45) is 5.92 Å². The molecule has 0 saturated carbocycles. The summed E-state index contributed by atoms with van der Waals surface area (Å²) in [5.41, 5.74) is 0.426. The molecule has 0 aliphatic carbocycles. The number of likely N-dealkylation sites (tertiary alicyclic amines) is 1. The van der Waals surface area contributed by atoms with Crippen molar-refractivity contribution in [2.75, 3.05) is 25.0 Å². The van der Waals surface area contributed by atoms with E-state index in [2.05, 4.69) is 21.7 Å². The van der Waals surface area contributed by atoms with Crippen molar-refractivity contribution in [3.05, 3.63) is 18.2 Å². The monoisotopic (exact) mass is 313 g/mol. The van der Waals surface area contributed by atoms with Gasteiger partial charge >= 0.3 is 6.29 Å². The summed E-state index contributed by atoms with van der Waals surface area (Å²) in [4.78, 5) is 13.3. The number of ether oxygens (including phenoxy) is 2. The minimum atomic E-state index is -3.64. The lowest BCUT2D eigenvalue weighted by Gasteiger charge is -2.26. The number of piperidine rings is 1. The molecule has 0 unspecified atom stereocenters. The van der Waals surface area contributed by atoms with Crippen LogP contribution in [0.1, 0.15) is 19.8 Å². The normalized spacial score (nSPS) is 25.8. The summed E-state index contributed by atoms with van der Waals surface area (Å²) in [5, 5.41) is 2.72. The summed E-state index contributed by atoms with van der Waals surface area (Å²) in [7, 11) is 0. The van der Waals surface area contributed by atoms with E-state index in [9.17, 15) is 13.6 Å². The molecule has 2 aliphatic rings. The lowest BCUT2D eigenvalue weighted by Crippen LogP contribution is -3.14. The van der Waals surface area contributed by atoms with Gasteiger partial charge in [0.15, 0.2) is 18.0 Å². The molecule has 2 heterocycles. The second kappa shape index (κ2) is 5.72. The first-order chi connectivity index (χ1) is 10.4. The molecule has 0 radical (unpaired) electrons. The van der Waals surface area contributed by atoms with Crippen LogP contribution in [0.2, 0.25) is 0 Å². The zero-order valence-corrected chi connectivity index (χ0v) is 12.3. The third-order valence-corrected chi connectivity index (χ3v) is 4.08. The molecule has 0 aromatic heterocycles. The third kappa shape index (κ3) is 3.47. The number of anilines is 1. The van der Waals surface area contributed by atoms with Crippen LogP contribution in [0.3, 0.4) is 0 Å². The standard InChI is InChI=1S/C15H18F2N2O3/c1-10-4-6-19(7-5-10)9-14(20)18-11-2-3-12-13(8-11)22-15(16,17)21-12/h2-3,8,10H,4-7,9H2,1H3,(H,18,20)/p+1. The first kappa shape index (κ1) is 15.0. The molecule has 1 fully saturated rings. The highest BCUT2D eigenvalue weighted by molar-refractivity contribution is 5.91. The quantitative estimate of drug-likeness (QED) is 0.883. The van der Waals surface area contributed by atoms with E-state index in [1.807, 2.05) is 0 Å². The van der Waals surface area contributed by atoms with Gasteiger partial charge in [-0.15, -0.1) is 8.78 Å². The molecule has 1 saturated heterocycles. The van der Waals surface area contributed by atoms with Crippen molar-refractivity contribution in [3.63, 3.8) is 0 Å². The Hall–Kier alpha value is -1.89. The van der Waals surface area contributed by atoms with Gasteiger partial charge < -0.3 is 19.7 Å². The summed E-state index contributed by atoms with van der Waals surface area (Å²) in [6.45, 7) is 4.58. The summed E-state index contributed by atoms with van der Waals surface area (Å²) < 4.78 is 34.6. The highest BCUT2D eigenvalue weighted by Gasteiger charge is 2.43. The van der Waals surface area contributed by atoms with Crippen LogP contribution in [0.15, 0.2) is 18.2 Å². The molecule has 1 aromatic rings. The zero-order valence-electron chi connectivity index (χ0n) is 12.3. The third-order valence-electron chi connectivity index (χ3n) is 4.08. The van der Waals surface area contributed by atoms with E-state index in [0.29, 0.717) is 12.2 Å². The first-order valence-electron chi connectivity index (χ1n) is 7.44. The molecule has 0 spiro atoms. The first-order valence-corrected chi connectivity index (χ1v) is 7.44. The fourth-order valence-electron chi connectivity index (χ4n) is 2.81. The lowest BCUT2D eigenvalue weighted by molar-refractivity contribution is -0.897. The topological polar surface area (TPSA) is 52.0 Å². The molecule has 1 amide bonds. The summed E-state index contributed by atoms with van der Waals surface area (Å²) >= 11 is 0. The molecule has 7 heteroatoms. The largest absolute Gasteiger partial charge is 0.586 e. The molecule has 2 N–H and O–H groups in total. The minimum Gasteiger partial charge on any atom is -0.395 e. The van der Waals surface area contributed by atoms with Gasteiger partial charge in [0.25, 0.3) is 5.91 Å². The number of benzene rings is 1. The number of halogens is 2. The van der Waals surface area contributed by atoms with Crippen molar-refractivity contribution in [1.82, 2.24) is 0 Å². The Labute approximate surface area is 127 Å². The van der Waals surface area contributed by atoms with Gasteiger partial charge in [-0.05, 0) is 30.9 Å². The van der Waals surface area contributed by atoms with E-state index in [1.54, 1.807) is 0 Å². The van der Waals surface area contributed by atoms with Gasteiger partial charge in [0.1, 0.15) is 0 Å². The van der Waals surface area contributed by atoms with Crippen molar-refractivity contribution in [3.8, 4) is 11.5 Å². The number of hydrogen-bond acceptors (Lipinski definition) is 3. The Kier molecular flexibility index (Phi) is 3.90. The van der Waals surface area contributed by atoms with Gasteiger partial charge in [0.05, 0.1) is 13.1 Å². The van der Waals surface area contributed by atoms with Crippen LogP contribution in [0, 0.1) is 5.92 Å². The van der Waals surface area contributed by atoms with Crippen LogP contribution in [0.4, 0.5) is 14.5 Å². The van der Waals surface area contributed by atoms with E-state index in [-0.39, 0.29) is 17.4 Å². The molecule has 120 valence electrons. The number of alkyl halides is 2. The van der Waals surface area contributed by atoms with Crippen LogP contribution >= 0.6 is 0 Å². The lowest BCUT2D eigenvalue weighted by atomic mass is 9.99. The molecule has 22 heavy (non-hydrogen) atoms. The van der Waals surface area contributed by atoms with Crippen molar-refractivity contribution >= 4 is 11.6 Å². The van der Waals surface area contributed by atoms with Crippen molar-refractivity contribution in [1.29, 1.82) is 0 Å². The Morgan fingerprint density at radius 3 is 2.73 bits per heavy atom. The molecular weight excluding hydrogens is 294 g/mol. The van der Waals surface area contributed by atoms with E-state index in [0.717, 1.165) is 31.8 Å². The maximum Gasteiger partial charge on any atom is 0.586 e. The van der Waals surface area contributed by atoms with Crippen LogP contribution in [0.25, 0.3) is 0 Å². The van der Waals surface area contributed by atoms with Gasteiger partial charge in [-0.25, -0.2) is 0 Å². The summed E-state index contributed by atoms with van der Waals surface area (Å²) in [6, 6.07) is 4.23. The maximum atomic E-state index is 12.9. The average molecular weight is 313 g/mol. The predicted molar refractivity (Wildman–Crippen MR) is 75.2 cm³/mol. The van der Waals surface area contributed by atoms with Gasteiger partial charge in [0, 0.05) is 11.8 Å². The maximum absolute atomic E-state index is 12.9. The fraction of sp³-hybridized carbons (Fsp3) is 0.533. The number of rotatable bonds is 3. The number of carbonyl (C=O) groups excluding carboxylic acids is 1. The van der Waals surface area contributed by atoms with Crippen molar-refractivity contribution in [2.45, 2.75) is 26.1 Å². The SMILES string of the molecule is CC1CC[NH+](CC(=O)Nc2ccc3c(c2)OC(F)(F)O3)CC1.